The summed E-state index contributed by atoms with van der Waals surface area (Å²) in [5, 5.41) is 0. The topological polar surface area (TPSA) is 51.5 Å². The first-order valence-corrected chi connectivity index (χ1v) is 12.7. The Kier molecular flexibility index (Phi) is 6.23. The fourth-order valence-corrected chi connectivity index (χ4v) is 6.77. The quantitative estimate of drug-likeness (QED) is 0.639. The summed E-state index contributed by atoms with van der Waals surface area (Å²) in [7, 11) is 1.76. The van der Waals surface area contributed by atoms with Crippen LogP contribution in [0, 0.1) is 5.92 Å². The number of likely N-dealkylation sites (tertiary alicyclic amines) is 1. The van der Waals surface area contributed by atoms with Crippen LogP contribution in [0.4, 0.5) is 0 Å². The normalized spacial score (nSPS) is 30.1. The third-order valence-corrected chi connectivity index (χ3v) is 8.51. The molecule has 170 valence electrons. The Morgan fingerprint density at radius 2 is 1.68 bits per heavy atom. The van der Waals surface area contributed by atoms with Crippen molar-refractivity contribution in [3.8, 4) is 0 Å². The van der Waals surface area contributed by atoms with Crippen molar-refractivity contribution in [1.82, 2.24) is 9.47 Å². The highest BCUT2D eigenvalue weighted by Crippen LogP contribution is 2.40. The second-order valence-electron chi connectivity index (χ2n) is 10.4. The first-order chi connectivity index (χ1) is 15.2. The Bertz CT molecular complexity index is 815. The highest BCUT2D eigenvalue weighted by molar-refractivity contribution is 6.06. The lowest BCUT2D eigenvalue weighted by Gasteiger charge is -2.33. The minimum atomic E-state index is -0.257. The highest BCUT2D eigenvalue weighted by Gasteiger charge is 2.45. The molecule has 5 nitrogen and oxygen atoms in total. The minimum absolute atomic E-state index is 0.0421. The zero-order chi connectivity index (χ0) is 21.4. The molecule has 1 aromatic rings. The number of hydrogen-bond donors (Lipinski definition) is 0. The Hall–Kier alpha value is -1.62. The number of nitrogens with zero attached hydrogens (tertiary/aromatic N) is 2. The number of aromatic nitrogens is 1. The third-order valence-electron chi connectivity index (χ3n) is 8.51. The van der Waals surface area contributed by atoms with E-state index in [1.807, 2.05) is 0 Å². The minimum Gasteiger partial charge on any atom is -0.381 e. The summed E-state index contributed by atoms with van der Waals surface area (Å²) in [6.45, 7) is 1.10. The van der Waals surface area contributed by atoms with Crippen LogP contribution in [0.25, 0.3) is 0 Å². The monoisotopic (exact) mass is 426 g/mol. The third kappa shape index (κ3) is 4.10. The molecule has 0 spiro atoms. The molecule has 1 aliphatic heterocycles. The molecule has 2 saturated carbocycles. The summed E-state index contributed by atoms with van der Waals surface area (Å²) < 4.78 is 7.97. The molecular formula is C26H38N2O3. The van der Waals surface area contributed by atoms with Gasteiger partial charge in [0.1, 0.15) is 0 Å². The van der Waals surface area contributed by atoms with Crippen LogP contribution in [0.5, 0.6) is 0 Å². The molecule has 3 fully saturated rings. The molecule has 4 aliphatic rings. The molecule has 2 amide bonds. The van der Waals surface area contributed by atoms with E-state index in [-0.39, 0.29) is 29.9 Å². The van der Waals surface area contributed by atoms with Crippen molar-refractivity contribution in [2.24, 2.45) is 5.92 Å². The molecule has 0 bridgehead atoms. The summed E-state index contributed by atoms with van der Waals surface area (Å²) in [5.41, 5.74) is 4.04. The van der Waals surface area contributed by atoms with Gasteiger partial charge in [-0.25, -0.2) is 0 Å². The first-order valence-electron chi connectivity index (χ1n) is 12.7. The Labute approximate surface area is 186 Å². The van der Waals surface area contributed by atoms with E-state index in [4.69, 9.17) is 4.74 Å². The smallest absolute Gasteiger partial charge is 0.237 e. The number of carbonyl (C=O) groups is 2. The predicted molar refractivity (Wildman–Crippen MR) is 120 cm³/mol. The number of carbonyl (C=O) groups excluding carboxylic acids is 2. The van der Waals surface area contributed by atoms with Gasteiger partial charge in [0.15, 0.2) is 0 Å². The maximum atomic E-state index is 13.5. The fourth-order valence-electron chi connectivity index (χ4n) is 6.77. The van der Waals surface area contributed by atoms with Gasteiger partial charge in [-0.1, -0.05) is 19.3 Å². The molecule has 1 saturated heterocycles. The van der Waals surface area contributed by atoms with Gasteiger partial charge in [-0.2, -0.15) is 0 Å². The molecule has 1 atom stereocenters. The van der Waals surface area contributed by atoms with Gasteiger partial charge < -0.3 is 9.30 Å². The van der Waals surface area contributed by atoms with Crippen molar-refractivity contribution in [2.45, 2.75) is 114 Å². The van der Waals surface area contributed by atoms with E-state index in [0.717, 1.165) is 51.0 Å². The number of ether oxygens (including phenoxy) is 1. The second kappa shape index (κ2) is 9.09. The summed E-state index contributed by atoms with van der Waals surface area (Å²) >= 11 is 0. The van der Waals surface area contributed by atoms with Crippen LogP contribution in [0.15, 0.2) is 6.20 Å². The molecule has 5 rings (SSSR count). The van der Waals surface area contributed by atoms with Crippen LogP contribution in [0.1, 0.15) is 99.8 Å². The van der Waals surface area contributed by atoms with Crippen LogP contribution in [0.2, 0.25) is 0 Å². The molecule has 31 heavy (non-hydrogen) atoms. The molecule has 3 aliphatic carbocycles. The summed E-state index contributed by atoms with van der Waals surface area (Å²) in [5.74, 6) is 0.620. The molecule has 5 heteroatoms. The second-order valence-corrected chi connectivity index (χ2v) is 10.4. The number of amides is 2. The Morgan fingerprint density at radius 3 is 2.42 bits per heavy atom. The standard InChI is InChI=1S/C26H38N2O3/c1-31-20-13-11-19(12-14-20)28-25(29)15-22(26(28)30)23-17-27(16-18-7-3-2-4-8-18)24-10-6-5-9-21(23)24/h17-20,22H,2-16H2,1H3. The van der Waals surface area contributed by atoms with E-state index >= 15 is 0 Å². The first kappa shape index (κ1) is 21.2. The predicted octanol–water partition coefficient (Wildman–Crippen LogP) is 4.75. The highest BCUT2D eigenvalue weighted by atomic mass is 16.5. The Balaban J connectivity index is 1.37. The van der Waals surface area contributed by atoms with Crippen LogP contribution in [0.3, 0.4) is 0 Å². The molecule has 0 N–H and O–H groups in total. The van der Waals surface area contributed by atoms with Crippen LogP contribution < -0.4 is 0 Å². The van der Waals surface area contributed by atoms with Crippen LogP contribution >= 0.6 is 0 Å². The van der Waals surface area contributed by atoms with Gasteiger partial charge in [-0.3, -0.25) is 14.5 Å². The van der Waals surface area contributed by atoms with Crippen LogP contribution in [-0.2, 0) is 33.7 Å². The summed E-state index contributed by atoms with van der Waals surface area (Å²) in [6.07, 6.45) is 18.0. The molecule has 1 unspecified atom stereocenters. The van der Waals surface area contributed by atoms with Crippen molar-refractivity contribution in [3.05, 3.63) is 23.0 Å². The van der Waals surface area contributed by atoms with E-state index in [1.165, 1.54) is 61.8 Å². The lowest BCUT2D eigenvalue weighted by molar-refractivity contribution is -0.142. The lowest BCUT2D eigenvalue weighted by atomic mass is 9.88. The molecule has 1 aromatic heterocycles. The van der Waals surface area contributed by atoms with E-state index in [1.54, 1.807) is 12.0 Å². The van der Waals surface area contributed by atoms with Crippen molar-refractivity contribution in [2.75, 3.05) is 7.11 Å². The van der Waals surface area contributed by atoms with E-state index in [9.17, 15) is 9.59 Å². The van der Waals surface area contributed by atoms with Gasteiger partial charge in [0, 0.05) is 38.0 Å². The van der Waals surface area contributed by atoms with Crippen molar-refractivity contribution < 1.29 is 14.3 Å². The fraction of sp³-hybridized carbons (Fsp3) is 0.769. The van der Waals surface area contributed by atoms with Crippen LogP contribution in [-0.4, -0.2) is 40.5 Å². The number of imide groups is 1. The SMILES string of the molecule is COC1CCC(N2C(=O)CC(c3cn(CC4CCCCC4)c4c3CCCC4)C2=O)CC1. The van der Waals surface area contributed by atoms with Gasteiger partial charge in [0.25, 0.3) is 0 Å². The largest absolute Gasteiger partial charge is 0.381 e. The van der Waals surface area contributed by atoms with Gasteiger partial charge in [-0.05, 0) is 81.3 Å². The van der Waals surface area contributed by atoms with Gasteiger partial charge in [-0.15, -0.1) is 0 Å². The van der Waals surface area contributed by atoms with Gasteiger partial charge >= 0.3 is 0 Å². The molecular weight excluding hydrogens is 388 g/mol. The molecule has 0 radical (unpaired) electrons. The average Bonchev–Trinajstić information content (AvgIpc) is 3.31. The summed E-state index contributed by atoms with van der Waals surface area (Å²) in [4.78, 5) is 28.1. The molecule has 0 aromatic carbocycles. The maximum Gasteiger partial charge on any atom is 0.237 e. The maximum absolute atomic E-state index is 13.5. The van der Waals surface area contributed by atoms with Crippen molar-refractivity contribution in [3.63, 3.8) is 0 Å². The van der Waals surface area contributed by atoms with Gasteiger partial charge in [0.05, 0.1) is 12.0 Å². The Morgan fingerprint density at radius 1 is 0.935 bits per heavy atom. The lowest BCUT2D eigenvalue weighted by Crippen LogP contribution is -2.43. The number of rotatable bonds is 5. The van der Waals surface area contributed by atoms with E-state index < -0.39 is 0 Å². The zero-order valence-electron chi connectivity index (χ0n) is 19.1. The van der Waals surface area contributed by atoms with E-state index in [2.05, 4.69) is 10.8 Å². The van der Waals surface area contributed by atoms with Crippen molar-refractivity contribution >= 4 is 11.8 Å². The zero-order valence-corrected chi connectivity index (χ0v) is 19.1. The van der Waals surface area contributed by atoms with Crippen molar-refractivity contribution in [1.29, 1.82) is 0 Å². The number of methoxy groups -OCH3 is 1. The number of fused-ring (bicyclic) bond motifs is 1. The average molecular weight is 427 g/mol. The summed E-state index contributed by atoms with van der Waals surface area (Å²) in [6, 6.07) is 0.0663. The van der Waals surface area contributed by atoms with E-state index in [0.29, 0.717) is 6.42 Å². The molecule has 2 heterocycles. The van der Waals surface area contributed by atoms with Gasteiger partial charge in [0.2, 0.25) is 11.8 Å². The number of hydrogen-bond acceptors (Lipinski definition) is 3.